The highest BCUT2D eigenvalue weighted by Crippen LogP contribution is 2.36. The van der Waals surface area contributed by atoms with Crippen molar-refractivity contribution in [1.82, 2.24) is 4.90 Å². The zero-order chi connectivity index (χ0) is 17.4. The molecule has 1 aromatic carbocycles. The number of benzene rings is 1. The van der Waals surface area contributed by atoms with Crippen molar-refractivity contribution in [2.24, 2.45) is 0 Å². The summed E-state index contributed by atoms with van der Waals surface area (Å²) in [6.07, 6.45) is 5.97. The highest BCUT2D eigenvalue weighted by molar-refractivity contribution is 5.97. The predicted octanol–water partition coefficient (Wildman–Crippen LogP) is 2.33. The van der Waals surface area contributed by atoms with Gasteiger partial charge < -0.3 is 19.5 Å². The van der Waals surface area contributed by atoms with E-state index in [1.807, 2.05) is 17.0 Å². The van der Waals surface area contributed by atoms with Crippen LogP contribution in [0.3, 0.4) is 0 Å². The fourth-order valence-electron chi connectivity index (χ4n) is 4.59. The standard InChI is InChI=1S/C20H27NO4/c1-24-17-13-15-5-2-4-14(15)12-16(17)19(23)21-9-7-20(8-10-21)18(22)6-3-11-25-20/h12-13,18,22H,2-11H2,1H3/t18-/m0/s1. The van der Waals surface area contributed by atoms with Gasteiger partial charge in [-0.1, -0.05) is 0 Å². The average Bonchev–Trinajstić information content (AvgIpc) is 3.10. The van der Waals surface area contributed by atoms with E-state index in [4.69, 9.17) is 9.47 Å². The average molecular weight is 345 g/mol. The quantitative estimate of drug-likeness (QED) is 0.894. The molecule has 2 heterocycles. The summed E-state index contributed by atoms with van der Waals surface area (Å²) >= 11 is 0. The smallest absolute Gasteiger partial charge is 0.257 e. The van der Waals surface area contributed by atoms with Crippen LogP contribution < -0.4 is 4.74 Å². The fourth-order valence-corrected chi connectivity index (χ4v) is 4.59. The zero-order valence-corrected chi connectivity index (χ0v) is 14.9. The number of carbonyl (C=O) groups excluding carboxylic acids is 1. The Kier molecular flexibility index (Phi) is 4.46. The van der Waals surface area contributed by atoms with Gasteiger partial charge in [0.05, 0.1) is 24.4 Å². The first kappa shape index (κ1) is 16.9. The first-order valence-corrected chi connectivity index (χ1v) is 9.44. The summed E-state index contributed by atoms with van der Waals surface area (Å²) in [6.45, 7) is 1.95. The van der Waals surface area contributed by atoms with Crippen LogP contribution in [0.15, 0.2) is 12.1 Å². The van der Waals surface area contributed by atoms with Crippen molar-refractivity contribution in [1.29, 1.82) is 0 Å². The first-order valence-electron chi connectivity index (χ1n) is 9.44. The molecule has 4 rings (SSSR count). The molecule has 2 aliphatic heterocycles. The summed E-state index contributed by atoms with van der Waals surface area (Å²) in [4.78, 5) is 15.0. The number of hydrogen-bond acceptors (Lipinski definition) is 4. The molecule has 1 atom stereocenters. The van der Waals surface area contributed by atoms with Gasteiger partial charge in [0.1, 0.15) is 5.75 Å². The molecule has 0 unspecified atom stereocenters. The summed E-state index contributed by atoms with van der Waals surface area (Å²) < 4.78 is 11.4. The molecular formula is C20H27NO4. The summed E-state index contributed by atoms with van der Waals surface area (Å²) in [6, 6.07) is 4.06. The third-order valence-electron chi connectivity index (χ3n) is 6.16. The van der Waals surface area contributed by atoms with E-state index in [2.05, 4.69) is 0 Å². The van der Waals surface area contributed by atoms with E-state index in [1.54, 1.807) is 7.11 Å². The van der Waals surface area contributed by atoms with Gasteiger partial charge in [0, 0.05) is 19.7 Å². The van der Waals surface area contributed by atoms with E-state index < -0.39 is 11.7 Å². The third kappa shape index (κ3) is 2.93. The topological polar surface area (TPSA) is 59.0 Å². The van der Waals surface area contributed by atoms with Gasteiger partial charge in [-0.2, -0.15) is 0 Å². The molecule has 0 saturated carbocycles. The molecule has 1 N–H and O–H groups in total. The number of piperidine rings is 1. The van der Waals surface area contributed by atoms with Gasteiger partial charge in [0.25, 0.3) is 5.91 Å². The molecule has 5 nitrogen and oxygen atoms in total. The van der Waals surface area contributed by atoms with Crippen LogP contribution in [0.4, 0.5) is 0 Å². The Bertz CT molecular complexity index is 664. The van der Waals surface area contributed by atoms with Gasteiger partial charge in [-0.3, -0.25) is 4.79 Å². The van der Waals surface area contributed by atoms with Crippen LogP contribution >= 0.6 is 0 Å². The Morgan fingerprint density at radius 2 is 1.96 bits per heavy atom. The maximum atomic E-state index is 13.1. The summed E-state index contributed by atoms with van der Waals surface area (Å²) in [5, 5.41) is 10.4. The molecule has 2 saturated heterocycles. The number of rotatable bonds is 2. The lowest BCUT2D eigenvalue weighted by Crippen LogP contribution is -2.56. The number of methoxy groups -OCH3 is 1. The monoisotopic (exact) mass is 345 g/mol. The minimum Gasteiger partial charge on any atom is -0.496 e. The molecule has 1 aliphatic carbocycles. The molecule has 1 spiro atoms. The maximum absolute atomic E-state index is 13.1. The minimum absolute atomic E-state index is 0.0340. The highest BCUT2D eigenvalue weighted by Gasteiger charge is 2.44. The van der Waals surface area contributed by atoms with Gasteiger partial charge in [0.2, 0.25) is 0 Å². The molecule has 1 aromatic rings. The molecule has 25 heavy (non-hydrogen) atoms. The maximum Gasteiger partial charge on any atom is 0.257 e. The van der Waals surface area contributed by atoms with Crippen LogP contribution in [-0.4, -0.2) is 54.4 Å². The van der Waals surface area contributed by atoms with E-state index in [1.165, 1.54) is 11.1 Å². The van der Waals surface area contributed by atoms with Gasteiger partial charge >= 0.3 is 0 Å². The van der Waals surface area contributed by atoms with Crippen molar-refractivity contribution in [2.75, 3.05) is 26.8 Å². The molecule has 1 amide bonds. The number of fused-ring (bicyclic) bond motifs is 1. The van der Waals surface area contributed by atoms with Crippen LogP contribution in [-0.2, 0) is 17.6 Å². The number of nitrogens with zero attached hydrogens (tertiary/aromatic N) is 1. The van der Waals surface area contributed by atoms with E-state index in [0.717, 1.165) is 32.1 Å². The van der Waals surface area contributed by atoms with E-state index >= 15 is 0 Å². The van der Waals surface area contributed by atoms with Crippen molar-refractivity contribution in [3.63, 3.8) is 0 Å². The molecule has 3 aliphatic rings. The van der Waals surface area contributed by atoms with Crippen molar-refractivity contribution in [3.05, 3.63) is 28.8 Å². The molecule has 0 aromatic heterocycles. The number of ether oxygens (including phenoxy) is 2. The molecule has 5 heteroatoms. The third-order valence-corrected chi connectivity index (χ3v) is 6.16. The number of amides is 1. The zero-order valence-electron chi connectivity index (χ0n) is 14.9. The van der Waals surface area contributed by atoms with Gasteiger partial charge in [-0.25, -0.2) is 0 Å². The van der Waals surface area contributed by atoms with Crippen LogP contribution in [0, 0.1) is 0 Å². The molecule has 2 fully saturated rings. The lowest BCUT2D eigenvalue weighted by atomic mass is 9.82. The lowest BCUT2D eigenvalue weighted by molar-refractivity contribution is -0.174. The van der Waals surface area contributed by atoms with E-state index in [0.29, 0.717) is 43.9 Å². The molecule has 0 bridgehead atoms. The van der Waals surface area contributed by atoms with Crippen molar-refractivity contribution in [3.8, 4) is 5.75 Å². The molecule has 0 radical (unpaired) electrons. The Labute approximate surface area is 148 Å². The van der Waals surface area contributed by atoms with Gasteiger partial charge in [-0.05, 0) is 68.2 Å². The second-order valence-corrected chi connectivity index (χ2v) is 7.54. The van der Waals surface area contributed by atoms with Crippen LogP contribution in [0.5, 0.6) is 5.75 Å². The second kappa shape index (κ2) is 6.61. The summed E-state index contributed by atoms with van der Waals surface area (Å²) in [5.74, 6) is 0.714. The predicted molar refractivity (Wildman–Crippen MR) is 94.1 cm³/mol. The van der Waals surface area contributed by atoms with Crippen LogP contribution in [0.1, 0.15) is 53.6 Å². The van der Waals surface area contributed by atoms with Crippen molar-refractivity contribution < 1.29 is 19.4 Å². The number of carbonyl (C=O) groups is 1. The fraction of sp³-hybridized carbons (Fsp3) is 0.650. The summed E-state index contributed by atoms with van der Waals surface area (Å²) in [5.41, 5.74) is 2.81. The Balaban J connectivity index is 1.51. The molecule has 136 valence electrons. The van der Waals surface area contributed by atoms with Gasteiger partial charge in [-0.15, -0.1) is 0 Å². The molecular weight excluding hydrogens is 318 g/mol. The minimum atomic E-state index is -0.447. The van der Waals surface area contributed by atoms with Crippen LogP contribution in [0.2, 0.25) is 0 Å². The Morgan fingerprint density at radius 3 is 2.64 bits per heavy atom. The number of aliphatic hydroxyl groups is 1. The number of hydrogen-bond donors (Lipinski definition) is 1. The SMILES string of the molecule is COc1cc2c(cc1C(=O)N1CCC3(CC1)OCCC[C@@H]3O)CCC2. The number of aliphatic hydroxyl groups excluding tert-OH is 1. The number of likely N-dealkylation sites (tertiary alicyclic amines) is 1. The van der Waals surface area contributed by atoms with Crippen molar-refractivity contribution >= 4 is 5.91 Å². The van der Waals surface area contributed by atoms with E-state index in [-0.39, 0.29) is 5.91 Å². The highest BCUT2D eigenvalue weighted by atomic mass is 16.5. The van der Waals surface area contributed by atoms with Gasteiger partial charge in [0.15, 0.2) is 0 Å². The second-order valence-electron chi connectivity index (χ2n) is 7.54. The Hall–Kier alpha value is -1.59. The normalized spacial score (nSPS) is 25.0. The van der Waals surface area contributed by atoms with Crippen molar-refractivity contribution in [2.45, 2.75) is 56.7 Å². The Morgan fingerprint density at radius 1 is 1.24 bits per heavy atom. The summed E-state index contributed by atoms with van der Waals surface area (Å²) in [7, 11) is 1.63. The van der Waals surface area contributed by atoms with E-state index in [9.17, 15) is 9.90 Å². The first-order chi connectivity index (χ1) is 12.1. The number of aryl methyl sites for hydroxylation is 2. The van der Waals surface area contributed by atoms with Crippen LogP contribution in [0.25, 0.3) is 0 Å². The largest absolute Gasteiger partial charge is 0.496 e. The lowest BCUT2D eigenvalue weighted by Gasteiger charge is -2.46.